The van der Waals surface area contributed by atoms with E-state index >= 15 is 0 Å². The number of phenolic OH excluding ortho intramolecular Hbond substituents is 1. The first kappa shape index (κ1) is 24.9. The van der Waals surface area contributed by atoms with Crippen LogP contribution in [0.4, 0.5) is 5.13 Å². The number of amides is 3. The van der Waals surface area contributed by atoms with Crippen LogP contribution >= 0.6 is 22.7 Å². The van der Waals surface area contributed by atoms with Crippen molar-refractivity contribution in [2.75, 3.05) is 19.0 Å². The molecule has 3 rings (SSSR count). The number of benzene rings is 1. The molecule has 34 heavy (non-hydrogen) atoms. The number of methoxy groups -OCH3 is 1. The quantitative estimate of drug-likeness (QED) is 0.328. The van der Waals surface area contributed by atoms with E-state index in [1.165, 1.54) is 30.6 Å². The zero-order valence-corrected chi connectivity index (χ0v) is 19.9. The maximum Gasteiger partial charge on any atom is 0.330 e. The zero-order chi connectivity index (χ0) is 24.7. The number of ether oxygens (including phenoxy) is 1. The van der Waals surface area contributed by atoms with E-state index in [9.17, 15) is 24.3 Å². The van der Waals surface area contributed by atoms with E-state index in [1.807, 2.05) is 0 Å². The number of rotatable bonds is 9. The Morgan fingerprint density at radius 3 is 2.62 bits per heavy atom. The number of aryl methyl sites for hydroxylation is 1. The second-order valence-corrected chi connectivity index (χ2v) is 9.01. The van der Waals surface area contributed by atoms with E-state index < -0.39 is 17.9 Å². The molecule has 4 N–H and O–H groups in total. The van der Waals surface area contributed by atoms with Gasteiger partial charge in [0.05, 0.1) is 24.1 Å². The summed E-state index contributed by atoms with van der Waals surface area (Å²) in [5.74, 6) is -1.99. The molecule has 3 amide bonds. The Labute approximate surface area is 203 Å². The van der Waals surface area contributed by atoms with Crippen molar-refractivity contribution in [2.45, 2.75) is 19.4 Å². The van der Waals surface area contributed by atoms with E-state index in [1.54, 1.807) is 36.6 Å². The number of thiazole rings is 1. The lowest BCUT2D eigenvalue weighted by Crippen LogP contribution is -2.48. The highest BCUT2D eigenvalue weighted by molar-refractivity contribution is 7.17. The summed E-state index contributed by atoms with van der Waals surface area (Å²) in [5, 5.41) is 19.3. The molecule has 0 saturated heterocycles. The molecular weight excluding hydrogens is 480 g/mol. The summed E-state index contributed by atoms with van der Waals surface area (Å²) >= 11 is 2.20. The van der Waals surface area contributed by atoms with Crippen LogP contribution in [0.2, 0.25) is 0 Å². The zero-order valence-electron chi connectivity index (χ0n) is 18.3. The predicted octanol–water partition coefficient (Wildman–Crippen LogP) is 2.10. The number of nitrogens with one attached hydrogen (secondary N) is 3. The number of carbonyl (C=O) groups is 4. The largest absolute Gasteiger partial charge is 0.508 e. The Morgan fingerprint density at radius 2 is 1.94 bits per heavy atom. The number of hydrogen-bond donors (Lipinski definition) is 4. The molecule has 0 aliphatic carbocycles. The van der Waals surface area contributed by atoms with Crippen molar-refractivity contribution in [3.05, 3.63) is 62.8 Å². The standard InChI is InChI=1S/C22H22N4O6S2/c1-12-18(34-22(24-12)26-17(28)10-13-5-3-6-14(27)9-13)20(30)25-15(21(31)32-2)11-23-19(29)16-7-4-8-33-16/h3-9,15,27H,10-11H2,1-2H3,(H,23,29)(H,25,30)(H,24,26,28)/t15-/m0/s1. The molecule has 3 aromatic rings. The number of phenols is 1. The lowest BCUT2D eigenvalue weighted by molar-refractivity contribution is -0.142. The van der Waals surface area contributed by atoms with Gasteiger partial charge in [0.25, 0.3) is 11.8 Å². The third-order valence-corrected chi connectivity index (χ3v) is 6.47. The molecular formula is C22H22N4O6S2. The van der Waals surface area contributed by atoms with Crippen molar-refractivity contribution in [1.82, 2.24) is 15.6 Å². The summed E-state index contributed by atoms with van der Waals surface area (Å²) in [5.41, 5.74) is 0.982. The first-order valence-corrected chi connectivity index (χ1v) is 11.7. The van der Waals surface area contributed by atoms with Gasteiger partial charge in [0.15, 0.2) is 5.13 Å². The molecule has 0 aliphatic rings. The molecule has 2 heterocycles. The van der Waals surface area contributed by atoms with Gasteiger partial charge in [-0.1, -0.05) is 29.5 Å². The van der Waals surface area contributed by atoms with Crippen molar-refractivity contribution in [3.63, 3.8) is 0 Å². The van der Waals surface area contributed by atoms with E-state index in [4.69, 9.17) is 4.74 Å². The van der Waals surface area contributed by atoms with Crippen LogP contribution in [0.5, 0.6) is 5.75 Å². The Bertz CT molecular complexity index is 1190. The number of nitrogens with zero attached hydrogens (tertiary/aromatic N) is 1. The molecule has 0 spiro atoms. The number of aromatic nitrogens is 1. The maximum atomic E-state index is 12.8. The minimum absolute atomic E-state index is 0.0168. The molecule has 0 aliphatic heterocycles. The number of thiophene rings is 1. The fraction of sp³-hybridized carbons (Fsp3) is 0.227. The molecule has 0 saturated carbocycles. The van der Waals surface area contributed by atoms with Gasteiger partial charge in [0, 0.05) is 6.54 Å². The van der Waals surface area contributed by atoms with Crippen molar-refractivity contribution >= 4 is 51.5 Å². The summed E-state index contributed by atoms with van der Waals surface area (Å²) in [6.45, 7) is 1.43. The van der Waals surface area contributed by atoms with Crippen LogP contribution in [0.25, 0.3) is 0 Å². The number of aromatic hydroxyl groups is 1. The lowest BCUT2D eigenvalue weighted by atomic mass is 10.1. The Balaban J connectivity index is 1.62. The molecule has 1 atom stereocenters. The molecule has 0 bridgehead atoms. The van der Waals surface area contributed by atoms with Gasteiger partial charge in [-0.2, -0.15) is 0 Å². The van der Waals surface area contributed by atoms with Gasteiger partial charge in [0.1, 0.15) is 16.7 Å². The van der Waals surface area contributed by atoms with Crippen LogP contribution in [0.15, 0.2) is 41.8 Å². The third-order valence-electron chi connectivity index (χ3n) is 4.53. The van der Waals surface area contributed by atoms with Crippen molar-refractivity contribution < 1.29 is 29.0 Å². The van der Waals surface area contributed by atoms with Crippen molar-refractivity contribution in [3.8, 4) is 5.75 Å². The summed E-state index contributed by atoms with van der Waals surface area (Å²) in [7, 11) is 1.18. The maximum absolute atomic E-state index is 12.8. The molecule has 12 heteroatoms. The minimum atomic E-state index is -1.12. The Morgan fingerprint density at radius 1 is 1.15 bits per heavy atom. The fourth-order valence-corrected chi connectivity index (χ4v) is 4.45. The highest BCUT2D eigenvalue weighted by Gasteiger charge is 2.26. The fourth-order valence-electron chi connectivity index (χ4n) is 2.92. The normalized spacial score (nSPS) is 11.4. The highest BCUT2D eigenvalue weighted by atomic mass is 32.1. The number of hydrogen-bond acceptors (Lipinski definition) is 9. The first-order valence-electron chi connectivity index (χ1n) is 10.0. The van der Waals surface area contributed by atoms with E-state index in [2.05, 4.69) is 20.9 Å². The summed E-state index contributed by atoms with van der Waals surface area (Å²) in [6.07, 6.45) is 0.0168. The smallest absolute Gasteiger partial charge is 0.330 e. The van der Waals surface area contributed by atoms with Gasteiger partial charge in [-0.25, -0.2) is 9.78 Å². The molecule has 2 aromatic heterocycles. The van der Waals surface area contributed by atoms with E-state index in [0.29, 0.717) is 16.1 Å². The van der Waals surface area contributed by atoms with Crippen molar-refractivity contribution in [1.29, 1.82) is 0 Å². The second-order valence-electron chi connectivity index (χ2n) is 7.06. The number of carbonyl (C=O) groups excluding carboxylic acids is 4. The van der Waals surface area contributed by atoms with Gasteiger partial charge in [-0.3, -0.25) is 14.4 Å². The minimum Gasteiger partial charge on any atom is -0.508 e. The lowest BCUT2D eigenvalue weighted by Gasteiger charge is -2.16. The summed E-state index contributed by atoms with van der Waals surface area (Å²) < 4.78 is 4.74. The van der Waals surface area contributed by atoms with E-state index in [-0.39, 0.29) is 40.5 Å². The average molecular weight is 503 g/mol. The monoisotopic (exact) mass is 502 g/mol. The molecule has 1 aromatic carbocycles. The van der Waals surface area contributed by atoms with Gasteiger partial charge in [-0.05, 0) is 36.1 Å². The van der Waals surface area contributed by atoms with Gasteiger partial charge < -0.3 is 25.8 Å². The van der Waals surface area contributed by atoms with Crippen LogP contribution in [0, 0.1) is 6.92 Å². The number of esters is 1. The second kappa shape index (κ2) is 11.4. The highest BCUT2D eigenvalue weighted by Crippen LogP contribution is 2.23. The average Bonchev–Trinajstić information content (AvgIpc) is 3.45. The topological polar surface area (TPSA) is 147 Å². The molecule has 10 nitrogen and oxygen atoms in total. The molecule has 0 unspecified atom stereocenters. The van der Waals surface area contributed by atoms with Crippen LogP contribution in [0.1, 0.15) is 30.6 Å². The van der Waals surface area contributed by atoms with Gasteiger partial charge in [-0.15, -0.1) is 11.3 Å². The SMILES string of the molecule is COC(=O)[C@H](CNC(=O)c1cccs1)NC(=O)c1sc(NC(=O)Cc2cccc(O)c2)nc1C. The van der Waals surface area contributed by atoms with Gasteiger partial charge >= 0.3 is 5.97 Å². The van der Waals surface area contributed by atoms with Crippen LogP contribution in [-0.2, 0) is 20.7 Å². The van der Waals surface area contributed by atoms with Crippen LogP contribution < -0.4 is 16.0 Å². The molecule has 0 fully saturated rings. The summed E-state index contributed by atoms with van der Waals surface area (Å²) in [6, 6.07) is 8.58. The van der Waals surface area contributed by atoms with Crippen LogP contribution in [-0.4, -0.2) is 53.5 Å². The Hall–Kier alpha value is -3.77. The predicted molar refractivity (Wildman–Crippen MR) is 127 cm³/mol. The summed E-state index contributed by atoms with van der Waals surface area (Å²) in [4.78, 5) is 54.3. The molecule has 178 valence electrons. The van der Waals surface area contributed by atoms with E-state index in [0.717, 1.165) is 11.3 Å². The molecule has 0 radical (unpaired) electrons. The number of anilines is 1. The third kappa shape index (κ3) is 6.62. The van der Waals surface area contributed by atoms with Crippen molar-refractivity contribution in [2.24, 2.45) is 0 Å². The van der Waals surface area contributed by atoms with Crippen LogP contribution in [0.3, 0.4) is 0 Å². The van der Waals surface area contributed by atoms with Gasteiger partial charge in [0.2, 0.25) is 5.91 Å². The Kier molecular flexibility index (Phi) is 8.33. The first-order chi connectivity index (χ1) is 16.3.